The highest BCUT2D eigenvalue weighted by molar-refractivity contribution is 8.01. The van der Waals surface area contributed by atoms with E-state index in [-0.39, 0.29) is 11.4 Å². The van der Waals surface area contributed by atoms with Gasteiger partial charge in [0.05, 0.1) is 11.6 Å². The number of methoxy groups -OCH3 is 1. The lowest BCUT2D eigenvalue weighted by Crippen LogP contribution is -2.76. The van der Waals surface area contributed by atoms with Crippen molar-refractivity contribution in [2.24, 2.45) is 7.05 Å². The van der Waals surface area contributed by atoms with Gasteiger partial charge in [0, 0.05) is 19.5 Å². The third kappa shape index (κ3) is 3.16. The van der Waals surface area contributed by atoms with Crippen molar-refractivity contribution in [2.75, 3.05) is 13.4 Å². The maximum atomic E-state index is 12.8. The summed E-state index contributed by atoms with van der Waals surface area (Å²) < 4.78 is 6.55. The van der Waals surface area contributed by atoms with E-state index >= 15 is 0 Å². The summed E-state index contributed by atoms with van der Waals surface area (Å²) in [6.07, 6.45) is 1.60. The number of aryl methyl sites for hydroxylation is 1. The summed E-state index contributed by atoms with van der Waals surface area (Å²) in [5.41, 5.74) is -1.90. The van der Waals surface area contributed by atoms with E-state index in [0.717, 1.165) is 33.8 Å². The Bertz CT molecular complexity index is 1000. The van der Waals surface area contributed by atoms with Gasteiger partial charge in [0.1, 0.15) is 16.4 Å². The number of hydrogen-bond donors (Lipinski definition) is 2. The predicted octanol–water partition coefficient (Wildman–Crippen LogP) is -0.997. The number of carbonyl (C=O) groups is 3. The van der Waals surface area contributed by atoms with Crippen LogP contribution in [0.1, 0.15) is 5.82 Å². The molecule has 30 heavy (non-hydrogen) atoms. The zero-order chi connectivity index (χ0) is 22.2. The van der Waals surface area contributed by atoms with E-state index in [1.807, 2.05) is 6.07 Å². The smallest absolute Gasteiger partial charge is 0.353 e. The van der Waals surface area contributed by atoms with Crippen molar-refractivity contribution < 1.29 is 24.2 Å². The minimum atomic E-state index is -1.53. The number of amides is 2. The van der Waals surface area contributed by atoms with E-state index in [4.69, 9.17) is 17.0 Å². The second-order valence-electron chi connectivity index (χ2n) is 6.11. The standard InChI is InChI=1S/C15H15N7O5S3/c1-21-9(18-19-20-21)7-8(12(24)25)22-13(26)15(5-28,27-2)14(22)30-11(7)17-10(23)6(4-16)29-3/h5-6,11,14H,1-3H3,(H,17,23)(H,24,25)/t6?,11?,14-,15-/m0/s1. The molecule has 4 atom stereocenters. The molecule has 2 aliphatic rings. The maximum absolute atomic E-state index is 12.8. The SMILES string of the molecule is CO[C@@]1(C=S)C(=O)N2C(C(=O)O)=C(c3nnnn3C)C(NC(=O)C(C#N)SC)S[C@H]21. The topological polar surface area (TPSA) is 163 Å². The molecule has 0 radical (unpaired) electrons. The van der Waals surface area contributed by atoms with Crippen LogP contribution in [0, 0.1) is 11.3 Å². The van der Waals surface area contributed by atoms with Gasteiger partial charge in [-0.25, -0.2) is 9.48 Å². The molecular formula is C15H15N7O5S3. The highest BCUT2D eigenvalue weighted by Crippen LogP contribution is 2.51. The lowest BCUT2D eigenvalue weighted by molar-refractivity contribution is -0.169. The van der Waals surface area contributed by atoms with Crippen LogP contribution in [0.3, 0.4) is 0 Å². The lowest BCUT2D eigenvalue weighted by Gasteiger charge is -2.55. The Kier molecular flexibility index (Phi) is 6.13. The molecule has 2 N–H and O–H groups in total. The Hall–Kier alpha value is -2.54. The molecule has 12 nitrogen and oxygen atoms in total. The summed E-state index contributed by atoms with van der Waals surface area (Å²) in [5, 5.41) is 31.1. The molecule has 2 aliphatic heterocycles. The molecule has 15 heteroatoms. The summed E-state index contributed by atoms with van der Waals surface area (Å²) in [7, 11) is 2.78. The molecule has 3 rings (SSSR count). The van der Waals surface area contributed by atoms with Crippen LogP contribution in [0.15, 0.2) is 5.70 Å². The number of ether oxygens (including phenoxy) is 1. The minimum absolute atomic E-state index is 0.0183. The predicted molar refractivity (Wildman–Crippen MR) is 110 cm³/mol. The maximum Gasteiger partial charge on any atom is 0.353 e. The molecular weight excluding hydrogens is 454 g/mol. The summed E-state index contributed by atoms with van der Waals surface area (Å²) in [4.78, 5) is 38.6. The number of hydrogen-bond acceptors (Lipinski definition) is 11. The number of fused-ring (bicyclic) bond motifs is 1. The highest BCUT2D eigenvalue weighted by Gasteiger charge is 2.66. The van der Waals surface area contributed by atoms with Crippen LogP contribution in [0.2, 0.25) is 0 Å². The number of nitrogens with zero attached hydrogens (tertiary/aromatic N) is 6. The number of β-lactam (4-membered cyclic amide) rings is 1. The lowest BCUT2D eigenvalue weighted by atomic mass is 9.91. The van der Waals surface area contributed by atoms with Crippen molar-refractivity contribution in [3.8, 4) is 6.07 Å². The molecule has 0 aromatic carbocycles. The van der Waals surface area contributed by atoms with E-state index in [1.54, 1.807) is 6.26 Å². The first kappa shape index (κ1) is 22.2. The third-order valence-electron chi connectivity index (χ3n) is 4.62. The van der Waals surface area contributed by atoms with Gasteiger partial charge in [-0.2, -0.15) is 5.26 Å². The number of nitriles is 1. The number of carbonyl (C=O) groups excluding carboxylic acids is 2. The number of tetrazole rings is 1. The molecule has 1 saturated heterocycles. The van der Waals surface area contributed by atoms with Crippen molar-refractivity contribution >= 4 is 64.5 Å². The Labute approximate surface area is 184 Å². The molecule has 2 unspecified atom stereocenters. The van der Waals surface area contributed by atoms with Crippen LogP contribution in [-0.2, 0) is 26.2 Å². The fourth-order valence-electron chi connectivity index (χ4n) is 3.13. The van der Waals surface area contributed by atoms with Gasteiger partial charge in [0.2, 0.25) is 11.5 Å². The number of carboxylic acids is 1. The van der Waals surface area contributed by atoms with Crippen LogP contribution in [0.25, 0.3) is 5.57 Å². The first-order valence-electron chi connectivity index (χ1n) is 8.20. The minimum Gasteiger partial charge on any atom is -0.477 e. The van der Waals surface area contributed by atoms with Crippen LogP contribution in [0.4, 0.5) is 0 Å². The first-order chi connectivity index (χ1) is 14.3. The van der Waals surface area contributed by atoms with Crippen molar-refractivity contribution in [3.05, 3.63) is 11.5 Å². The van der Waals surface area contributed by atoms with E-state index in [9.17, 15) is 24.8 Å². The summed E-state index contributed by atoms with van der Waals surface area (Å²) in [6, 6.07) is 1.87. The van der Waals surface area contributed by atoms with Crippen molar-refractivity contribution in [1.29, 1.82) is 5.26 Å². The quantitative estimate of drug-likeness (QED) is 0.370. The molecule has 1 aromatic rings. The zero-order valence-corrected chi connectivity index (χ0v) is 18.2. The first-order valence-corrected chi connectivity index (χ1v) is 10.9. The van der Waals surface area contributed by atoms with Gasteiger partial charge in [0.15, 0.2) is 11.1 Å². The van der Waals surface area contributed by atoms with Crippen molar-refractivity contribution in [2.45, 2.75) is 21.6 Å². The normalized spacial score (nSPS) is 26.3. The summed E-state index contributed by atoms with van der Waals surface area (Å²) in [6.45, 7) is 0. The molecule has 1 fully saturated rings. The molecule has 0 saturated carbocycles. The van der Waals surface area contributed by atoms with Crippen LogP contribution in [-0.4, -0.2) is 88.3 Å². The van der Waals surface area contributed by atoms with Crippen LogP contribution >= 0.6 is 35.7 Å². The second kappa shape index (κ2) is 8.30. The highest BCUT2D eigenvalue weighted by atomic mass is 32.2. The van der Waals surface area contributed by atoms with Crippen LogP contribution in [0.5, 0.6) is 0 Å². The fourth-order valence-corrected chi connectivity index (χ4v) is 5.52. The van der Waals surface area contributed by atoms with E-state index in [2.05, 4.69) is 20.8 Å². The van der Waals surface area contributed by atoms with E-state index < -0.39 is 45.1 Å². The van der Waals surface area contributed by atoms with Gasteiger partial charge in [-0.05, 0) is 16.7 Å². The fraction of sp³-hybridized carbons (Fsp3) is 0.467. The number of thioether (sulfide) groups is 2. The van der Waals surface area contributed by atoms with Gasteiger partial charge in [0.25, 0.3) is 5.91 Å². The average molecular weight is 470 g/mol. The van der Waals surface area contributed by atoms with Crippen molar-refractivity contribution in [1.82, 2.24) is 30.4 Å². The largest absolute Gasteiger partial charge is 0.477 e. The Balaban J connectivity index is 2.17. The number of aliphatic carboxylic acids is 1. The van der Waals surface area contributed by atoms with Gasteiger partial charge < -0.3 is 15.2 Å². The van der Waals surface area contributed by atoms with Gasteiger partial charge in [-0.15, -0.1) is 28.6 Å². The Morgan fingerprint density at radius 3 is 2.73 bits per heavy atom. The number of carboxylic acid groups (broad SMARTS) is 1. The van der Waals surface area contributed by atoms with E-state index in [0.29, 0.717) is 0 Å². The molecule has 0 bridgehead atoms. The number of nitrogens with one attached hydrogen (secondary N) is 1. The van der Waals surface area contributed by atoms with Gasteiger partial charge in [-0.3, -0.25) is 14.5 Å². The van der Waals surface area contributed by atoms with E-state index in [1.165, 1.54) is 18.8 Å². The molecule has 0 spiro atoms. The summed E-state index contributed by atoms with van der Waals surface area (Å²) in [5.74, 6) is -2.64. The van der Waals surface area contributed by atoms with Crippen molar-refractivity contribution in [3.63, 3.8) is 0 Å². The number of aromatic nitrogens is 4. The molecule has 1 aromatic heterocycles. The molecule has 2 amide bonds. The molecule has 158 valence electrons. The van der Waals surface area contributed by atoms with Gasteiger partial charge in [-0.1, -0.05) is 12.2 Å². The monoisotopic (exact) mass is 469 g/mol. The Morgan fingerprint density at radius 2 is 2.27 bits per heavy atom. The van der Waals surface area contributed by atoms with Crippen LogP contribution < -0.4 is 5.32 Å². The molecule has 3 heterocycles. The number of rotatable bonds is 7. The third-order valence-corrected chi connectivity index (χ3v) is 7.20. The average Bonchev–Trinajstić information content (AvgIpc) is 3.14. The second-order valence-corrected chi connectivity index (χ2v) is 8.47. The number of thiocarbonyl (C=S) groups is 1. The van der Waals surface area contributed by atoms with Gasteiger partial charge >= 0.3 is 5.97 Å². The zero-order valence-electron chi connectivity index (χ0n) is 15.8. The molecule has 0 aliphatic carbocycles. The summed E-state index contributed by atoms with van der Waals surface area (Å²) >= 11 is 7.05. The Morgan fingerprint density at radius 1 is 1.57 bits per heavy atom.